The molecule has 1 heterocycles. The molecule has 0 radical (unpaired) electrons. The summed E-state index contributed by atoms with van der Waals surface area (Å²) >= 11 is 4.76. The number of carbonyl (C=O) groups excluding carboxylic acids is 1. The Hall–Kier alpha value is -1.07. The molecule has 0 saturated heterocycles. The molecule has 1 aromatic rings. The van der Waals surface area contributed by atoms with Gasteiger partial charge >= 0.3 is 0 Å². The number of carbonyl (C=O) groups is 1. The Morgan fingerprint density at radius 3 is 2.94 bits per heavy atom. The van der Waals surface area contributed by atoms with Crippen LogP contribution in [0.15, 0.2) is 18.2 Å². The van der Waals surface area contributed by atoms with Crippen LogP contribution < -0.4 is 16.6 Å². The summed E-state index contributed by atoms with van der Waals surface area (Å²) in [5.41, 5.74) is 5.46. The lowest BCUT2D eigenvalue weighted by Gasteiger charge is -2.25. The molecule has 18 heavy (non-hydrogen) atoms. The third kappa shape index (κ3) is 3.03. The minimum absolute atomic E-state index is 0.0242. The Kier molecular flexibility index (Phi) is 4.24. The molecule has 5 nitrogen and oxygen atoms in total. The first-order valence-corrected chi connectivity index (χ1v) is 6.46. The number of fused-ring (bicyclic) bond motifs is 1. The predicted molar refractivity (Wildman–Crippen MR) is 78.8 cm³/mol. The number of nitrogens with two attached hydrogens (primary N) is 1. The number of amides is 1. The first-order valence-electron chi connectivity index (χ1n) is 5.53. The van der Waals surface area contributed by atoms with E-state index in [0.717, 1.165) is 25.2 Å². The maximum absolute atomic E-state index is 11.6. The second-order valence-corrected chi connectivity index (χ2v) is 5.27. The summed E-state index contributed by atoms with van der Waals surface area (Å²) in [6, 6.07) is 5.89. The van der Waals surface area contributed by atoms with E-state index in [1.165, 1.54) is 11.1 Å². The molecule has 1 unspecified atom stereocenters. The number of nitrogens with one attached hydrogen (secondary N) is 2. The van der Waals surface area contributed by atoms with Crippen molar-refractivity contribution in [2.24, 2.45) is 5.84 Å². The van der Waals surface area contributed by atoms with Gasteiger partial charge in [0.2, 0.25) is 0 Å². The number of hydrogen-bond donors (Lipinski definition) is 3. The van der Waals surface area contributed by atoms with Crippen molar-refractivity contribution in [3.63, 3.8) is 0 Å². The lowest BCUT2D eigenvalue weighted by molar-refractivity contribution is -0.110. The van der Waals surface area contributed by atoms with Gasteiger partial charge in [-0.05, 0) is 29.7 Å². The van der Waals surface area contributed by atoms with Gasteiger partial charge in [-0.3, -0.25) is 9.46 Å². The highest BCUT2D eigenvalue weighted by Crippen LogP contribution is 2.24. The van der Waals surface area contributed by atoms with Crippen molar-refractivity contribution in [2.75, 3.05) is 11.9 Å². The fourth-order valence-corrected chi connectivity index (χ4v) is 2.28. The zero-order valence-corrected chi connectivity index (χ0v) is 11.7. The summed E-state index contributed by atoms with van der Waals surface area (Å²) in [5.74, 6) is 4.70. The molecular formula is C11H15N4OPS. The van der Waals surface area contributed by atoms with Gasteiger partial charge in [-0.1, -0.05) is 27.7 Å². The average Bonchev–Trinajstić information content (AvgIpc) is 2.38. The Balaban J connectivity index is 2.12. The molecule has 0 aliphatic carbocycles. The van der Waals surface area contributed by atoms with Gasteiger partial charge in [0, 0.05) is 18.8 Å². The second kappa shape index (κ2) is 5.71. The topological polar surface area (TPSA) is 70.4 Å². The van der Waals surface area contributed by atoms with Crippen LogP contribution in [0.3, 0.4) is 0 Å². The smallest absolute Gasteiger partial charge is 0.284 e. The van der Waals surface area contributed by atoms with Crippen molar-refractivity contribution in [2.45, 2.75) is 13.0 Å². The van der Waals surface area contributed by atoms with Gasteiger partial charge in [-0.15, -0.1) is 0 Å². The summed E-state index contributed by atoms with van der Waals surface area (Å²) in [6.45, 7) is 1.91. The van der Waals surface area contributed by atoms with Crippen molar-refractivity contribution in [1.29, 1.82) is 0 Å². The predicted octanol–water partition coefficient (Wildman–Crippen LogP) is 0.564. The second-order valence-electron chi connectivity index (χ2n) is 4.13. The molecule has 96 valence electrons. The Morgan fingerprint density at radius 2 is 2.22 bits per heavy atom. The SMILES string of the molecule is NNC(=S)C(=O)Nc1ccc2c(c1)CCN(P)C2. The molecule has 1 aliphatic rings. The summed E-state index contributed by atoms with van der Waals surface area (Å²) in [5, 5.41) is 2.71. The highest BCUT2D eigenvalue weighted by atomic mass is 32.1. The number of thiocarbonyl (C=S) groups is 1. The van der Waals surface area contributed by atoms with Gasteiger partial charge in [0.25, 0.3) is 5.91 Å². The Bertz CT molecular complexity index is 494. The normalized spacial score (nSPS) is 14.8. The molecule has 0 bridgehead atoms. The molecule has 0 aromatic heterocycles. The van der Waals surface area contributed by atoms with Crippen LogP contribution in [-0.4, -0.2) is 22.1 Å². The molecule has 0 spiro atoms. The third-order valence-corrected chi connectivity index (χ3v) is 3.59. The minimum atomic E-state index is -0.393. The van der Waals surface area contributed by atoms with Gasteiger partial charge in [0.05, 0.1) is 0 Å². The fraction of sp³-hybridized carbons (Fsp3) is 0.273. The van der Waals surface area contributed by atoms with Gasteiger partial charge < -0.3 is 10.7 Å². The highest BCUT2D eigenvalue weighted by Gasteiger charge is 2.14. The van der Waals surface area contributed by atoms with E-state index in [1.54, 1.807) is 0 Å². The zero-order valence-electron chi connectivity index (χ0n) is 9.77. The van der Waals surface area contributed by atoms with Crippen LogP contribution in [0.1, 0.15) is 11.1 Å². The van der Waals surface area contributed by atoms with E-state index in [4.69, 9.17) is 18.1 Å². The van der Waals surface area contributed by atoms with Crippen molar-refractivity contribution >= 4 is 38.2 Å². The van der Waals surface area contributed by atoms with E-state index in [1.807, 2.05) is 18.2 Å². The largest absolute Gasteiger partial charge is 0.320 e. The lowest BCUT2D eigenvalue weighted by atomic mass is 10.0. The summed E-state index contributed by atoms with van der Waals surface area (Å²) in [6.07, 6.45) is 0.974. The van der Waals surface area contributed by atoms with E-state index in [0.29, 0.717) is 0 Å². The number of rotatable bonds is 1. The fourth-order valence-electron chi connectivity index (χ4n) is 1.91. The molecular weight excluding hydrogens is 267 g/mol. The van der Waals surface area contributed by atoms with E-state index in [-0.39, 0.29) is 4.99 Å². The highest BCUT2D eigenvalue weighted by molar-refractivity contribution is 7.82. The maximum atomic E-state index is 11.6. The first-order chi connectivity index (χ1) is 8.60. The van der Waals surface area contributed by atoms with Crippen LogP contribution in [0.25, 0.3) is 0 Å². The standard InChI is InChI=1S/C11H15N4OPS/c12-14-11(18)10(16)13-9-2-1-8-6-15(17)4-3-7(8)5-9/h1-2,5H,3-4,6,12,17H2,(H,13,16)(H,14,18). The maximum Gasteiger partial charge on any atom is 0.284 e. The number of hydrogen-bond acceptors (Lipinski definition) is 4. The third-order valence-electron chi connectivity index (χ3n) is 2.84. The molecule has 0 fully saturated rings. The van der Waals surface area contributed by atoms with E-state index in [2.05, 4.69) is 24.8 Å². The van der Waals surface area contributed by atoms with Crippen LogP contribution in [0.4, 0.5) is 5.69 Å². The van der Waals surface area contributed by atoms with Crippen LogP contribution in [0.2, 0.25) is 0 Å². The number of hydrazine groups is 1. The van der Waals surface area contributed by atoms with Crippen molar-refractivity contribution in [3.05, 3.63) is 29.3 Å². The molecule has 0 saturated carbocycles. The van der Waals surface area contributed by atoms with Crippen LogP contribution >= 0.6 is 21.6 Å². The Morgan fingerprint density at radius 1 is 1.44 bits per heavy atom. The van der Waals surface area contributed by atoms with Crippen molar-refractivity contribution in [3.8, 4) is 0 Å². The Labute approximate surface area is 113 Å². The van der Waals surface area contributed by atoms with E-state index < -0.39 is 5.91 Å². The lowest BCUT2D eigenvalue weighted by Crippen LogP contribution is -2.38. The average molecular weight is 282 g/mol. The van der Waals surface area contributed by atoms with Crippen LogP contribution in [0, 0.1) is 0 Å². The van der Waals surface area contributed by atoms with Crippen LogP contribution in [-0.2, 0) is 17.8 Å². The van der Waals surface area contributed by atoms with E-state index >= 15 is 0 Å². The van der Waals surface area contributed by atoms with Crippen molar-refractivity contribution in [1.82, 2.24) is 10.1 Å². The molecule has 4 N–H and O–H groups in total. The first kappa shape index (κ1) is 13.4. The molecule has 1 atom stereocenters. The minimum Gasteiger partial charge on any atom is -0.320 e. The number of nitrogens with zero attached hydrogens (tertiary/aromatic N) is 1. The summed E-state index contributed by atoms with van der Waals surface area (Å²) in [7, 11) is 2.71. The monoisotopic (exact) mass is 282 g/mol. The van der Waals surface area contributed by atoms with Crippen LogP contribution in [0.5, 0.6) is 0 Å². The van der Waals surface area contributed by atoms with Gasteiger partial charge in [-0.2, -0.15) is 0 Å². The summed E-state index contributed by atoms with van der Waals surface area (Å²) in [4.78, 5) is 11.5. The number of benzene rings is 1. The number of anilines is 1. The van der Waals surface area contributed by atoms with E-state index in [9.17, 15) is 4.79 Å². The molecule has 7 heteroatoms. The summed E-state index contributed by atoms with van der Waals surface area (Å²) < 4.78 is 2.19. The zero-order chi connectivity index (χ0) is 13.1. The van der Waals surface area contributed by atoms with Gasteiger partial charge in [0.1, 0.15) is 0 Å². The quantitative estimate of drug-likeness (QED) is 0.304. The molecule has 1 amide bonds. The van der Waals surface area contributed by atoms with Gasteiger partial charge in [-0.25, -0.2) is 5.84 Å². The molecule has 2 rings (SSSR count). The molecule has 1 aromatic carbocycles. The van der Waals surface area contributed by atoms with Gasteiger partial charge in [0.15, 0.2) is 4.99 Å². The molecule has 1 aliphatic heterocycles. The van der Waals surface area contributed by atoms with Crippen molar-refractivity contribution < 1.29 is 4.79 Å².